The summed E-state index contributed by atoms with van der Waals surface area (Å²) in [5.74, 6) is 0.812. The van der Waals surface area contributed by atoms with Crippen LogP contribution < -0.4 is 5.32 Å². The molecular formula is C17H28ClN. The van der Waals surface area contributed by atoms with Crippen LogP contribution in [0.5, 0.6) is 0 Å². The van der Waals surface area contributed by atoms with E-state index in [1.54, 1.807) is 0 Å². The van der Waals surface area contributed by atoms with Gasteiger partial charge in [-0.15, -0.1) is 0 Å². The molecule has 2 atom stereocenters. The molecule has 1 aromatic carbocycles. The van der Waals surface area contributed by atoms with Gasteiger partial charge in [-0.1, -0.05) is 57.2 Å². The summed E-state index contributed by atoms with van der Waals surface area (Å²) in [4.78, 5) is 0. The van der Waals surface area contributed by atoms with Crippen molar-refractivity contribution in [2.24, 2.45) is 5.92 Å². The summed E-state index contributed by atoms with van der Waals surface area (Å²) in [6.07, 6.45) is 6.47. The fourth-order valence-electron chi connectivity index (χ4n) is 2.75. The molecule has 2 unspecified atom stereocenters. The van der Waals surface area contributed by atoms with E-state index in [1.165, 1.54) is 43.2 Å². The number of rotatable bonds is 8. The third-order valence-corrected chi connectivity index (χ3v) is 4.30. The fraction of sp³-hybridized carbons (Fsp3) is 0.647. The van der Waals surface area contributed by atoms with Crippen molar-refractivity contribution >= 4 is 11.6 Å². The number of nitrogens with one attached hydrogen (secondary N) is 1. The number of benzene rings is 1. The van der Waals surface area contributed by atoms with Gasteiger partial charge in [-0.25, -0.2) is 0 Å². The maximum Gasteiger partial charge on any atom is 0.0408 e. The first kappa shape index (κ1) is 16.5. The third kappa shape index (κ3) is 5.16. The van der Waals surface area contributed by atoms with Gasteiger partial charge in [-0.05, 0) is 49.6 Å². The summed E-state index contributed by atoms with van der Waals surface area (Å²) in [5.41, 5.74) is 2.68. The summed E-state index contributed by atoms with van der Waals surface area (Å²) >= 11 is 6.05. The SMILES string of the molecule is CCCCC(CC)CC(NC)c1ccc(Cl)cc1C. The first-order valence-electron chi connectivity index (χ1n) is 7.55. The lowest BCUT2D eigenvalue weighted by Crippen LogP contribution is -2.20. The standard InChI is InChI=1S/C17H28ClN/c1-5-7-8-14(6-2)12-17(19-4)16-10-9-15(18)11-13(16)3/h9-11,14,17,19H,5-8,12H2,1-4H3. The van der Waals surface area contributed by atoms with Crippen molar-refractivity contribution in [1.82, 2.24) is 5.32 Å². The van der Waals surface area contributed by atoms with E-state index in [-0.39, 0.29) is 0 Å². The zero-order chi connectivity index (χ0) is 14.3. The van der Waals surface area contributed by atoms with Gasteiger partial charge in [0, 0.05) is 11.1 Å². The molecule has 0 amide bonds. The molecule has 1 rings (SSSR count). The first-order chi connectivity index (χ1) is 9.12. The van der Waals surface area contributed by atoms with Crippen LogP contribution in [0.2, 0.25) is 5.02 Å². The Hall–Kier alpha value is -0.530. The maximum absolute atomic E-state index is 6.05. The predicted molar refractivity (Wildman–Crippen MR) is 85.9 cm³/mol. The van der Waals surface area contributed by atoms with Crippen molar-refractivity contribution < 1.29 is 0 Å². The Morgan fingerprint density at radius 2 is 2.00 bits per heavy atom. The van der Waals surface area contributed by atoms with Crippen LogP contribution in [-0.2, 0) is 0 Å². The van der Waals surface area contributed by atoms with Crippen molar-refractivity contribution in [2.45, 2.75) is 58.9 Å². The fourth-order valence-corrected chi connectivity index (χ4v) is 2.97. The molecule has 0 aromatic heterocycles. The van der Waals surface area contributed by atoms with E-state index in [0.29, 0.717) is 6.04 Å². The number of halogens is 1. The molecule has 2 heteroatoms. The highest BCUT2D eigenvalue weighted by Gasteiger charge is 2.17. The molecule has 0 radical (unpaired) electrons. The maximum atomic E-state index is 6.05. The molecule has 0 spiro atoms. The van der Waals surface area contributed by atoms with Gasteiger partial charge in [0.25, 0.3) is 0 Å². The van der Waals surface area contributed by atoms with Crippen molar-refractivity contribution in [3.05, 3.63) is 34.3 Å². The molecule has 0 aliphatic heterocycles. The average Bonchev–Trinajstić information content (AvgIpc) is 2.40. The highest BCUT2D eigenvalue weighted by molar-refractivity contribution is 6.30. The van der Waals surface area contributed by atoms with Crippen LogP contribution in [0.1, 0.15) is 63.1 Å². The second kappa shape index (κ2) is 8.60. The minimum absolute atomic E-state index is 0.444. The molecule has 1 N–H and O–H groups in total. The lowest BCUT2D eigenvalue weighted by Gasteiger charge is -2.24. The Balaban J connectivity index is 2.76. The Bertz CT molecular complexity index is 376. The van der Waals surface area contributed by atoms with E-state index in [0.717, 1.165) is 10.9 Å². The number of aryl methyl sites for hydroxylation is 1. The lowest BCUT2D eigenvalue weighted by molar-refractivity contribution is 0.364. The minimum atomic E-state index is 0.444. The van der Waals surface area contributed by atoms with E-state index in [2.05, 4.69) is 45.3 Å². The van der Waals surface area contributed by atoms with Gasteiger partial charge in [0.1, 0.15) is 0 Å². The second-order valence-corrected chi connectivity index (χ2v) is 5.93. The van der Waals surface area contributed by atoms with Crippen LogP contribution in [0.25, 0.3) is 0 Å². The van der Waals surface area contributed by atoms with Crippen LogP contribution in [-0.4, -0.2) is 7.05 Å². The van der Waals surface area contributed by atoms with Crippen molar-refractivity contribution in [3.8, 4) is 0 Å². The molecule has 0 heterocycles. The summed E-state index contributed by atoms with van der Waals surface area (Å²) in [6.45, 7) is 6.73. The zero-order valence-corrected chi connectivity index (χ0v) is 13.6. The molecule has 0 aliphatic rings. The van der Waals surface area contributed by atoms with Crippen LogP contribution in [0.3, 0.4) is 0 Å². The summed E-state index contributed by atoms with van der Waals surface area (Å²) in [6, 6.07) is 6.68. The van der Waals surface area contributed by atoms with E-state index >= 15 is 0 Å². The van der Waals surface area contributed by atoms with Gasteiger partial charge in [-0.3, -0.25) is 0 Å². The first-order valence-corrected chi connectivity index (χ1v) is 7.93. The highest BCUT2D eigenvalue weighted by Crippen LogP contribution is 2.29. The van der Waals surface area contributed by atoms with Gasteiger partial charge in [0.15, 0.2) is 0 Å². The van der Waals surface area contributed by atoms with Gasteiger partial charge in [0.2, 0.25) is 0 Å². The van der Waals surface area contributed by atoms with Crippen LogP contribution in [0.4, 0.5) is 0 Å². The molecule has 0 saturated carbocycles. The topological polar surface area (TPSA) is 12.0 Å². The third-order valence-electron chi connectivity index (χ3n) is 4.07. The van der Waals surface area contributed by atoms with Crippen molar-refractivity contribution in [2.75, 3.05) is 7.05 Å². The quantitative estimate of drug-likeness (QED) is 0.662. The van der Waals surface area contributed by atoms with E-state index in [1.807, 2.05) is 6.07 Å². The smallest absolute Gasteiger partial charge is 0.0408 e. The average molecular weight is 282 g/mol. The second-order valence-electron chi connectivity index (χ2n) is 5.49. The lowest BCUT2D eigenvalue weighted by atomic mass is 9.88. The molecule has 0 saturated heterocycles. The van der Waals surface area contributed by atoms with Crippen molar-refractivity contribution in [3.63, 3.8) is 0 Å². The summed E-state index contributed by atoms with van der Waals surface area (Å²) in [5, 5.41) is 4.30. The number of unbranched alkanes of at least 4 members (excludes halogenated alkanes) is 1. The Morgan fingerprint density at radius 1 is 1.26 bits per heavy atom. The van der Waals surface area contributed by atoms with Crippen LogP contribution in [0.15, 0.2) is 18.2 Å². The monoisotopic (exact) mass is 281 g/mol. The molecule has 0 aliphatic carbocycles. The Morgan fingerprint density at radius 3 is 2.53 bits per heavy atom. The number of hydrogen-bond donors (Lipinski definition) is 1. The predicted octanol–water partition coefficient (Wildman–Crippen LogP) is 5.52. The van der Waals surface area contributed by atoms with E-state index in [4.69, 9.17) is 11.6 Å². The molecule has 108 valence electrons. The molecule has 1 nitrogen and oxygen atoms in total. The van der Waals surface area contributed by atoms with Gasteiger partial charge >= 0.3 is 0 Å². The van der Waals surface area contributed by atoms with Gasteiger partial charge < -0.3 is 5.32 Å². The normalized spacial score (nSPS) is 14.4. The molecule has 0 bridgehead atoms. The van der Waals surface area contributed by atoms with Gasteiger partial charge in [0.05, 0.1) is 0 Å². The molecule has 0 fully saturated rings. The number of hydrogen-bond acceptors (Lipinski definition) is 1. The summed E-state index contributed by atoms with van der Waals surface area (Å²) < 4.78 is 0. The summed E-state index contributed by atoms with van der Waals surface area (Å²) in [7, 11) is 2.06. The minimum Gasteiger partial charge on any atom is -0.313 e. The van der Waals surface area contributed by atoms with E-state index < -0.39 is 0 Å². The van der Waals surface area contributed by atoms with Crippen LogP contribution in [0, 0.1) is 12.8 Å². The molecule has 1 aromatic rings. The highest BCUT2D eigenvalue weighted by atomic mass is 35.5. The Labute approximate surface area is 123 Å². The molecular weight excluding hydrogens is 254 g/mol. The van der Waals surface area contributed by atoms with Crippen molar-refractivity contribution in [1.29, 1.82) is 0 Å². The molecule has 19 heavy (non-hydrogen) atoms. The van der Waals surface area contributed by atoms with E-state index in [9.17, 15) is 0 Å². The zero-order valence-electron chi connectivity index (χ0n) is 12.8. The van der Waals surface area contributed by atoms with Gasteiger partial charge in [-0.2, -0.15) is 0 Å². The Kier molecular flexibility index (Phi) is 7.48. The van der Waals surface area contributed by atoms with Crippen LogP contribution >= 0.6 is 11.6 Å². The largest absolute Gasteiger partial charge is 0.313 e.